The van der Waals surface area contributed by atoms with Crippen LogP contribution < -0.4 is 11.2 Å². The summed E-state index contributed by atoms with van der Waals surface area (Å²) in [5, 5.41) is 18.0. The van der Waals surface area contributed by atoms with Crippen molar-refractivity contribution in [2.24, 2.45) is 0 Å². The van der Waals surface area contributed by atoms with Gasteiger partial charge in [-0.1, -0.05) is 12.2 Å². The fourth-order valence-corrected chi connectivity index (χ4v) is 4.46. The highest BCUT2D eigenvalue weighted by molar-refractivity contribution is 8.60. The zero-order valence-electron chi connectivity index (χ0n) is 13.3. The monoisotopic (exact) mass is 407 g/mol. The molecule has 0 bridgehead atoms. The van der Waals surface area contributed by atoms with Gasteiger partial charge in [-0.2, -0.15) is 5.26 Å². The van der Waals surface area contributed by atoms with Gasteiger partial charge in [0, 0.05) is 18.2 Å². The molecule has 0 aromatic carbocycles. The lowest BCUT2D eigenvalue weighted by atomic mass is 10.2. The lowest BCUT2D eigenvalue weighted by Crippen LogP contribution is -2.33. The van der Waals surface area contributed by atoms with Crippen molar-refractivity contribution in [3.05, 3.63) is 32.6 Å². The number of aromatic amines is 1. The number of aryl methyl sites for hydroxylation is 1. The number of aliphatic hydroxyl groups is 1. The molecule has 0 spiro atoms. The van der Waals surface area contributed by atoms with E-state index in [0.29, 0.717) is 5.56 Å². The maximum absolute atomic E-state index is 12.0. The first-order valence-corrected chi connectivity index (χ1v) is 11.2. The van der Waals surface area contributed by atoms with Gasteiger partial charge >= 0.3 is 5.69 Å². The second kappa shape index (κ2) is 8.60. The van der Waals surface area contributed by atoms with Crippen molar-refractivity contribution in [1.82, 2.24) is 9.55 Å². The first kappa shape index (κ1) is 20.3. The van der Waals surface area contributed by atoms with Gasteiger partial charge in [-0.05, 0) is 18.7 Å². The van der Waals surface area contributed by atoms with E-state index in [1.54, 1.807) is 6.92 Å². The molecule has 1 aromatic heterocycles. The normalized spacial score (nSPS) is 25.4. The summed E-state index contributed by atoms with van der Waals surface area (Å²) in [7, 11) is 0. The maximum Gasteiger partial charge on any atom is 0.330 e. The molecule has 138 valence electrons. The Bertz CT molecular complexity index is 819. The Hall–Kier alpha value is -0.990. The van der Waals surface area contributed by atoms with Crippen LogP contribution in [0.15, 0.2) is 15.8 Å². The minimum Gasteiger partial charge on any atom is -0.394 e. The Balaban J connectivity index is 2.14. The number of nitrogens with one attached hydrogen (secondary N) is 1. The minimum absolute atomic E-state index is 0.0939. The number of nitrogens with zero attached hydrogens (tertiary/aromatic N) is 2. The molecule has 1 saturated heterocycles. The third-order valence-electron chi connectivity index (χ3n) is 3.55. The maximum atomic E-state index is 12.0. The van der Waals surface area contributed by atoms with E-state index in [9.17, 15) is 14.7 Å². The van der Waals surface area contributed by atoms with Gasteiger partial charge in [-0.25, -0.2) is 4.79 Å². The third-order valence-corrected chi connectivity index (χ3v) is 5.80. The van der Waals surface area contributed by atoms with Crippen molar-refractivity contribution >= 4 is 29.7 Å². The predicted molar refractivity (Wildman–Crippen MR) is 96.0 cm³/mol. The molecule has 0 radical (unpaired) electrons. The van der Waals surface area contributed by atoms with Crippen molar-refractivity contribution < 1.29 is 18.9 Å². The van der Waals surface area contributed by atoms with Crippen LogP contribution >= 0.6 is 17.9 Å². The Morgan fingerprint density at radius 3 is 3.00 bits per heavy atom. The van der Waals surface area contributed by atoms with Crippen molar-refractivity contribution in [3.8, 4) is 6.07 Å². The smallest absolute Gasteiger partial charge is 0.330 e. The van der Waals surface area contributed by atoms with E-state index < -0.39 is 35.4 Å². The van der Waals surface area contributed by atoms with Crippen LogP contribution in [0.5, 0.6) is 0 Å². The lowest BCUT2D eigenvalue weighted by molar-refractivity contribution is -0.0420. The number of aliphatic hydroxyl groups excluding tert-OH is 1. The molecule has 2 N–H and O–H groups in total. The summed E-state index contributed by atoms with van der Waals surface area (Å²) in [5.41, 5.74) is -3.66. The van der Waals surface area contributed by atoms with Crippen LogP contribution in [0.3, 0.4) is 0 Å². The number of thiol groups is 1. The summed E-state index contributed by atoms with van der Waals surface area (Å²) < 4.78 is 17.9. The number of hydrogen-bond acceptors (Lipinski definition) is 8. The number of rotatable bonds is 7. The molecule has 25 heavy (non-hydrogen) atoms. The van der Waals surface area contributed by atoms with Crippen molar-refractivity contribution in [1.29, 1.82) is 5.26 Å². The summed E-state index contributed by atoms with van der Waals surface area (Å²) in [5.74, 6) is 0. The molecule has 1 unspecified atom stereocenters. The highest BCUT2D eigenvalue weighted by Crippen LogP contribution is 2.56. The molecule has 1 aliphatic rings. The van der Waals surface area contributed by atoms with Gasteiger partial charge in [0.1, 0.15) is 12.3 Å². The van der Waals surface area contributed by atoms with Crippen molar-refractivity contribution in [2.75, 3.05) is 13.2 Å². The van der Waals surface area contributed by atoms with Crippen LogP contribution in [0, 0.1) is 18.3 Å². The number of aromatic nitrogens is 2. The molecular weight excluding hydrogens is 389 g/mol. The van der Waals surface area contributed by atoms with Gasteiger partial charge in [-0.15, -0.1) is 0 Å². The molecule has 2 heterocycles. The Morgan fingerprint density at radius 2 is 2.36 bits per heavy atom. The quantitative estimate of drug-likeness (QED) is 0.341. The molecular formula is C13H18N3O6PS2. The van der Waals surface area contributed by atoms with Gasteiger partial charge in [0.25, 0.3) is 5.56 Å². The van der Waals surface area contributed by atoms with Crippen molar-refractivity contribution in [3.63, 3.8) is 0 Å². The standard InChI is InChI=1S/C13H18N3O6PS2/c1-8-6-16(13(19)15-12(8)18)11-5-9(10(7-17)21-11)22-23(24,25)20-4-2-3-14/h6,9-11,17H,2,4-5,7H2,1H3,(H,24,25)(H,15,18,19)/t9-,10+,11+/m0/s1. The molecule has 0 amide bonds. The van der Waals surface area contributed by atoms with Crippen molar-refractivity contribution in [2.45, 2.75) is 38.2 Å². The molecule has 12 heteroatoms. The Morgan fingerprint density at radius 1 is 1.64 bits per heavy atom. The fraction of sp³-hybridized carbons (Fsp3) is 0.615. The molecule has 4 atom stereocenters. The van der Waals surface area contributed by atoms with E-state index >= 15 is 0 Å². The second-order valence-electron chi connectivity index (χ2n) is 5.38. The second-order valence-corrected chi connectivity index (χ2v) is 10.6. The average Bonchev–Trinajstić information content (AvgIpc) is 2.92. The topological polar surface area (TPSA) is 127 Å². The SMILES string of the molecule is Cc1cn([C@H]2C[C@H](OP(=S)(S)OCCC#N)[C@@H](CO)O2)c(=O)[nH]c1=O. The molecule has 1 aromatic rings. The Labute approximate surface area is 153 Å². The summed E-state index contributed by atoms with van der Waals surface area (Å²) >= 11 is 9.38. The number of nitriles is 1. The van der Waals surface area contributed by atoms with Gasteiger partial charge in [0.05, 0.1) is 31.8 Å². The summed E-state index contributed by atoms with van der Waals surface area (Å²) in [4.78, 5) is 25.7. The molecule has 9 nitrogen and oxygen atoms in total. The number of hydrogen-bond donors (Lipinski definition) is 3. The van der Waals surface area contributed by atoms with Gasteiger partial charge in [0.15, 0.2) is 0 Å². The summed E-state index contributed by atoms with van der Waals surface area (Å²) in [6.45, 7) is 1.31. The van der Waals surface area contributed by atoms with E-state index in [-0.39, 0.29) is 26.1 Å². The third kappa shape index (κ3) is 5.24. The Kier molecular flexibility index (Phi) is 6.99. The molecule has 0 saturated carbocycles. The molecule has 1 fully saturated rings. The highest BCUT2D eigenvalue weighted by Gasteiger charge is 2.39. The zero-order chi connectivity index (χ0) is 18.6. The van der Waals surface area contributed by atoms with Crippen LogP contribution in [0.25, 0.3) is 0 Å². The van der Waals surface area contributed by atoms with Crippen LogP contribution in [-0.4, -0.2) is 40.1 Å². The highest BCUT2D eigenvalue weighted by atomic mass is 32.9. The lowest BCUT2D eigenvalue weighted by Gasteiger charge is -2.23. The minimum atomic E-state index is -2.93. The first-order valence-electron chi connectivity index (χ1n) is 7.38. The van der Waals surface area contributed by atoms with Crippen LogP contribution in [0.4, 0.5) is 0 Å². The zero-order valence-corrected chi connectivity index (χ0v) is 15.9. The van der Waals surface area contributed by atoms with Crippen LogP contribution in [0.2, 0.25) is 0 Å². The van der Waals surface area contributed by atoms with Gasteiger partial charge in [-0.3, -0.25) is 14.3 Å². The van der Waals surface area contributed by atoms with E-state index in [0.717, 1.165) is 0 Å². The van der Waals surface area contributed by atoms with Crippen LogP contribution in [-0.2, 0) is 25.6 Å². The predicted octanol–water partition coefficient (Wildman–Crippen LogP) is 0.595. The number of ether oxygens (including phenoxy) is 1. The largest absolute Gasteiger partial charge is 0.394 e. The van der Waals surface area contributed by atoms with E-state index in [4.69, 9.17) is 30.9 Å². The summed E-state index contributed by atoms with van der Waals surface area (Å²) in [6, 6.07) is 1.92. The first-order chi connectivity index (χ1) is 11.8. The van der Waals surface area contributed by atoms with E-state index in [1.165, 1.54) is 10.8 Å². The van der Waals surface area contributed by atoms with E-state index in [2.05, 4.69) is 17.2 Å². The van der Waals surface area contributed by atoms with Gasteiger partial charge in [0.2, 0.25) is 5.69 Å². The fourth-order valence-electron chi connectivity index (χ4n) is 2.35. The molecule has 0 aliphatic carbocycles. The van der Waals surface area contributed by atoms with Crippen LogP contribution in [0.1, 0.15) is 24.6 Å². The van der Waals surface area contributed by atoms with E-state index in [1.807, 2.05) is 6.07 Å². The summed E-state index contributed by atoms with van der Waals surface area (Å²) in [6.07, 6.45) is -0.327. The number of H-pyrrole nitrogens is 1. The molecule has 2 rings (SSSR count). The average molecular weight is 407 g/mol. The molecule has 1 aliphatic heterocycles. The van der Waals surface area contributed by atoms with Gasteiger partial charge < -0.3 is 18.9 Å².